The van der Waals surface area contributed by atoms with Crippen LogP contribution in [0.5, 0.6) is 0 Å². The van der Waals surface area contributed by atoms with E-state index < -0.39 is 0 Å². The molecule has 0 saturated carbocycles. The van der Waals surface area contributed by atoms with E-state index in [4.69, 9.17) is 4.74 Å². The summed E-state index contributed by atoms with van der Waals surface area (Å²) in [7, 11) is 0. The third kappa shape index (κ3) is 5.31. The summed E-state index contributed by atoms with van der Waals surface area (Å²) in [6.45, 7) is 13.8. The fourth-order valence-corrected chi connectivity index (χ4v) is 4.75. The van der Waals surface area contributed by atoms with E-state index in [1.807, 2.05) is 0 Å². The average Bonchev–Trinajstić information content (AvgIpc) is 2.96. The van der Waals surface area contributed by atoms with Crippen molar-refractivity contribution >= 4 is 0 Å². The van der Waals surface area contributed by atoms with Gasteiger partial charge in [0.1, 0.15) is 0 Å². The van der Waals surface area contributed by atoms with Gasteiger partial charge in [0.05, 0.1) is 5.60 Å². The third-order valence-electron chi connectivity index (χ3n) is 6.24. The summed E-state index contributed by atoms with van der Waals surface area (Å²) in [6.07, 6.45) is 6.59. The van der Waals surface area contributed by atoms with Gasteiger partial charge in [-0.2, -0.15) is 0 Å². The lowest BCUT2D eigenvalue weighted by Crippen LogP contribution is -2.37. The Hall–Kier alpha value is -0.860. The highest BCUT2D eigenvalue weighted by Crippen LogP contribution is 2.37. The van der Waals surface area contributed by atoms with Crippen LogP contribution in [0.15, 0.2) is 24.3 Å². The minimum absolute atomic E-state index is 0.0723. The van der Waals surface area contributed by atoms with Crippen molar-refractivity contribution in [3.05, 3.63) is 35.4 Å². The maximum Gasteiger partial charge on any atom is 0.0629 e. The van der Waals surface area contributed by atoms with Crippen LogP contribution >= 0.6 is 0 Å². The second-order valence-electron chi connectivity index (χ2n) is 9.36. The van der Waals surface area contributed by atoms with Crippen molar-refractivity contribution in [1.82, 2.24) is 4.90 Å². The Morgan fingerprint density at radius 2 is 1.76 bits per heavy atom. The fraction of sp³-hybridized carbons (Fsp3) is 0.739. The van der Waals surface area contributed by atoms with Crippen LogP contribution < -0.4 is 0 Å². The average molecular weight is 344 g/mol. The third-order valence-corrected chi connectivity index (χ3v) is 6.24. The minimum Gasteiger partial charge on any atom is -0.376 e. The first-order valence-corrected chi connectivity index (χ1v) is 10.4. The summed E-state index contributed by atoms with van der Waals surface area (Å²) >= 11 is 0. The quantitative estimate of drug-likeness (QED) is 0.634. The highest BCUT2D eigenvalue weighted by atomic mass is 16.5. The Morgan fingerprint density at radius 3 is 2.36 bits per heavy atom. The highest BCUT2D eigenvalue weighted by molar-refractivity contribution is 5.30. The lowest BCUT2D eigenvalue weighted by molar-refractivity contribution is -0.0845. The standard InChI is InChI=1S/C23H37NO/c1-18(2)9-10-19(20-12-14-25-23(3,4)15-20)11-13-24-16-21-7-5-6-8-22(21)17-24/h5-8,18-20H,9-17H2,1-4H3/t19-,20-/m1/s1. The van der Waals surface area contributed by atoms with Crippen LogP contribution in [0.3, 0.4) is 0 Å². The second-order valence-corrected chi connectivity index (χ2v) is 9.36. The van der Waals surface area contributed by atoms with Gasteiger partial charge in [-0.05, 0) is 75.0 Å². The molecule has 1 aromatic rings. The van der Waals surface area contributed by atoms with Gasteiger partial charge < -0.3 is 4.74 Å². The van der Waals surface area contributed by atoms with Crippen molar-refractivity contribution in [2.45, 2.75) is 78.5 Å². The molecule has 0 aliphatic carbocycles. The first kappa shape index (κ1) is 18.9. The van der Waals surface area contributed by atoms with Crippen molar-refractivity contribution in [3.63, 3.8) is 0 Å². The van der Waals surface area contributed by atoms with E-state index in [0.717, 1.165) is 37.5 Å². The molecule has 2 aliphatic rings. The van der Waals surface area contributed by atoms with E-state index in [-0.39, 0.29) is 5.60 Å². The van der Waals surface area contributed by atoms with Gasteiger partial charge in [-0.1, -0.05) is 44.5 Å². The molecule has 140 valence electrons. The van der Waals surface area contributed by atoms with E-state index in [2.05, 4.69) is 56.9 Å². The number of hydrogen-bond acceptors (Lipinski definition) is 2. The van der Waals surface area contributed by atoms with Gasteiger partial charge in [0, 0.05) is 19.7 Å². The summed E-state index contributed by atoms with van der Waals surface area (Å²) in [6, 6.07) is 8.95. The summed E-state index contributed by atoms with van der Waals surface area (Å²) in [5.74, 6) is 2.51. The number of rotatable bonds is 7. The van der Waals surface area contributed by atoms with Gasteiger partial charge in [-0.25, -0.2) is 0 Å². The van der Waals surface area contributed by atoms with Crippen LogP contribution in [0.2, 0.25) is 0 Å². The van der Waals surface area contributed by atoms with E-state index >= 15 is 0 Å². The smallest absolute Gasteiger partial charge is 0.0629 e. The summed E-state index contributed by atoms with van der Waals surface area (Å²) in [4.78, 5) is 2.65. The number of hydrogen-bond donors (Lipinski definition) is 0. The van der Waals surface area contributed by atoms with Gasteiger partial charge in [0.25, 0.3) is 0 Å². The second kappa shape index (κ2) is 8.22. The minimum atomic E-state index is 0.0723. The first-order valence-electron chi connectivity index (χ1n) is 10.4. The van der Waals surface area contributed by atoms with Crippen LogP contribution in [0.1, 0.15) is 70.9 Å². The van der Waals surface area contributed by atoms with E-state index in [1.165, 1.54) is 49.8 Å². The van der Waals surface area contributed by atoms with Crippen LogP contribution in [0.4, 0.5) is 0 Å². The van der Waals surface area contributed by atoms with Crippen LogP contribution in [-0.4, -0.2) is 23.7 Å². The molecule has 0 amide bonds. The van der Waals surface area contributed by atoms with E-state index in [9.17, 15) is 0 Å². The SMILES string of the molecule is CC(C)CC[C@H](CCN1Cc2ccccc2C1)[C@@H]1CCOC(C)(C)C1. The molecule has 1 saturated heterocycles. The zero-order chi connectivity index (χ0) is 17.9. The highest BCUT2D eigenvalue weighted by Gasteiger charge is 2.33. The molecule has 1 aromatic carbocycles. The van der Waals surface area contributed by atoms with Gasteiger partial charge in [0.2, 0.25) is 0 Å². The van der Waals surface area contributed by atoms with Crippen molar-refractivity contribution in [1.29, 1.82) is 0 Å². The molecule has 0 radical (unpaired) electrons. The zero-order valence-electron chi connectivity index (χ0n) is 16.8. The van der Waals surface area contributed by atoms with Crippen LogP contribution in [-0.2, 0) is 17.8 Å². The molecule has 0 N–H and O–H groups in total. The van der Waals surface area contributed by atoms with Gasteiger partial charge in [0.15, 0.2) is 0 Å². The van der Waals surface area contributed by atoms with Gasteiger partial charge in [-0.3, -0.25) is 4.90 Å². The lowest BCUT2D eigenvalue weighted by atomic mass is 9.75. The predicted molar refractivity (Wildman–Crippen MR) is 105 cm³/mol. The molecule has 1 fully saturated rings. The molecule has 2 heterocycles. The predicted octanol–water partition coefficient (Wildman–Crippen LogP) is 5.65. The molecule has 0 spiro atoms. The Labute approximate surface area is 154 Å². The maximum atomic E-state index is 5.98. The van der Waals surface area contributed by atoms with Crippen molar-refractivity contribution in [2.24, 2.45) is 17.8 Å². The summed E-state index contributed by atoms with van der Waals surface area (Å²) in [5.41, 5.74) is 3.14. The van der Waals surface area contributed by atoms with Gasteiger partial charge in [-0.15, -0.1) is 0 Å². The van der Waals surface area contributed by atoms with Crippen LogP contribution in [0.25, 0.3) is 0 Å². The normalized spacial score (nSPS) is 24.4. The van der Waals surface area contributed by atoms with Crippen molar-refractivity contribution in [2.75, 3.05) is 13.2 Å². The molecule has 3 rings (SSSR count). The first-order chi connectivity index (χ1) is 11.9. The molecule has 0 bridgehead atoms. The largest absolute Gasteiger partial charge is 0.376 e. The lowest BCUT2D eigenvalue weighted by Gasteiger charge is -2.40. The Morgan fingerprint density at radius 1 is 1.08 bits per heavy atom. The number of benzene rings is 1. The molecule has 2 aliphatic heterocycles. The maximum absolute atomic E-state index is 5.98. The topological polar surface area (TPSA) is 12.5 Å². The molecule has 0 aromatic heterocycles. The Balaban J connectivity index is 1.56. The fourth-order valence-electron chi connectivity index (χ4n) is 4.75. The molecular formula is C23H37NO. The Kier molecular flexibility index (Phi) is 6.22. The monoisotopic (exact) mass is 343 g/mol. The molecule has 2 atom stereocenters. The van der Waals surface area contributed by atoms with Crippen LogP contribution in [0, 0.1) is 17.8 Å². The van der Waals surface area contributed by atoms with Crippen molar-refractivity contribution < 1.29 is 4.74 Å². The van der Waals surface area contributed by atoms with Crippen molar-refractivity contribution in [3.8, 4) is 0 Å². The molecule has 25 heavy (non-hydrogen) atoms. The van der Waals surface area contributed by atoms with Gasteiger partial charge >= 0.3 is 0 Å². The number of ether oxygens (including phenoxy) is 1. The van der Waals surface area contributed by atoms with E-state index in [0.29, 0.717) is 0 Å². The molecule has 0 unspecified atom stereocenters. The summed E-state index contributed by atoms with van der Waals surface area (Å²) < 4.78 is 5.98. The Bertz CT molecular complexity index is 526. The number of fused-ring (bicyclic) bond motifs is 1. The zero-order valence-corrected chi connectivity index (χ0v) is 16.8. The summed E-state index contributed by atoms with van der Waals surface area (Å²) in [5, 5.41) is 0. The van der Waals surface area contributed by atoms with E-state index in [1.54, 1.807) is 0 Å². The number of nitrogens with zero attached hydrogens (tertiary/aromatic N) is 1. The molecular weight excluding hydrogens is 306 g/mol. The molecule has 2 heteroatoms. The molecule has 2 nitrogen and oxygen atoms in total.